The van der Waals surface area contributed by atoms with Crippen molar-refractivity contribution in [3.8, 4) is 0 Å². The Kier molecular flexibility index (Phi) is 12.5. The fraction of sp³-hybridized carbons (Fsp3) is 0.536. The van der Waals surface area contributed by atoms with E-state index in [0.717, 1.165) is 11.1 Å². The first-order chi connectivity index (χ1) is 17.8. The van der Waals surface area contributed by atoms with Crippen molar-refractivity contribution in [1.29, 1.82) is 0 Å². The first kappa shape index (κ1) is 32.5. The third-order valence-corrected chi connectivity index (χ3v) is 12.0. The molecule has 38 heavy (non-hydrogen) atoms. The van der Waals surface area contributed by atoms with Gasteiger partial charge in [-0.25, -0.2) is 0 Å². The van der Waals surface area contributed by atoms with Crippen molar-refractivity contribution in [1.82, 2.24) is 0 Å². The molecular weight excluding hydrogens is 527 g/mol. The lowest BCUT2D eigenvalue weighted by atomic mass is 10.0. The molecule has 0 fully saturated rings. The molecule has 0 saturated heterocycles. The number of ether oxygens (including phenoxy) is 2. The minimum atomic E-state index is -3.82. The van der Waals surface area contributed by atoms with Crippen molar-refractivity contribution >= 4 is 23.9 Å². The standard InChI is InChI=1S/C28H43O8PS/c1-28(2,3)38(6,7)36-25(27(30)33-5)18-24(26(29)32-4)21-37(31,34-19-22-14-10-8-11-15-22)35-20-23-16-12-9-13-17-23/h8-17,24-25,27,30H,18-21H2,1-7H3/t24-,25-,27?/m1/s1. The summed E-state index contributed by atoms with van der Waals surface area (Å²) >= 11 is 0. The van der Waals surface area contributed by atoms with E-state index >= 15 is 0 Å². The maximum Gasteiger partial charge on any atom is 0.332 e. The highest BCUT2D eigenvalue weighted by Crippen LogP contribution is 2.56. The number of carbonyl (C=O) groups is 1. The number of methoxy groups -OCH3 is 2. The van der Waals surface area contributed by atoms with E-state index in [4.69, 9.17) is 22.7 Å². The molecule has 2 rings (SSSR count). The lowest BCUT2D eigenvalue weighted by Crippen LogP contribution is -2.39. The Morgan fingerprint density at radius 2 is 1.39 bits per heavy atom. The molecule has 2 aromatic rings. The molecule has 214 valence electrons. The van der Waals surface area contributed by atoms with Gasteiger partial charge in [0.2, 0.25) is 0 Å². The van der Waals surface area contributed by atoms with Crippen molar-refractivity contribution in [2.45, 2.75) is 57.5 Å². The van der Waals surface area contributed by atoms with Gasteiger partial charge in [0.05, 0.1) is 32.4 Å². The van der Waals surface area contributed by atoms with Gasteiger partial charge in [-0.1, -0.05) is 81.4 Å². The molecule has 8 nitrogen and oxygen atoms in total. The zero-order chi connectivity index (χ0) is 28.4. The largest absolute Gasteiger partial charge is 0.469 e. The number of benzene rings is 2. The van der Waals surface area contributed by atoms with Crippen molar-refractivity contribution in [3.05, 3.63) is 71.8 Å². The van der Waals surface area contributed by atoms with Crippen LogP contribution in [0, 0.1) is 5.92 Å². The molecule has 2 aromatic carbocycles. The molecule has 0 aliphatic carbocycles. The highest BCUT2D eigenvalue weighted by molar-refractivity contribution is 8.29. The lowest BCUT2D eigenvalue weighted by Gasteiger charge is -2.46. The van der Waals surface area contributed by atoms with Crippen molar-refractivity contribution in [2.24, 2.45) is 5.92 Å². The monoisotopic (exact) mass is 570 g/mol. The highest BCUT2D eigenvalue weighted by atomic mass is 32.3. The van der Waals surface area contributed by atoms with Gasteiger partial charge in [-0.05, 0) is 30.1 Å². The molecule has 1 unspecified atom stereocenters. The van der Waals surface area contributed by atoms with Gasteiger partial charge in [0, 0.05) is 11.9 Å². The molecule has 0 radical (unpaired) electrons. The first-order valence-corrected chi connectivity index (χ1v) is 16.6. The van der Waals surface area contributed by atoms with Crippen molar-refractivity contribution in [2.75, 3.05) is 32.9 Å². The smallest absolute Gasteiger partial charge is 0.332 e. The second-order valence-corrected chi connectivity index (χ2v) is 16.4. The van der Waals surface area contributed by atoms with E-state index in [0.29, 0.717) is 0 Å². The zero-order valence-electron chi connectivity index (χ0n) is 23.5. The molecule has 0 spiro atoms. The summed E-state index contributed by atoms with van der Waals surface area (Å²) in [7, 11) is -2.88. The Balaban J connectivity index is 2.32. The first-order valence-electron chi connectivity index (χ1n) is 12.5. The zero-order valence-corrected chi connectivity index (χ0v) is 25.2. The summed E-state index contributed by atoms with van der Waals surface area (Å²) in [5.74, 6) is -1.54. The Labute approximate surface area is 229 Å². The number of esters is 1. The van der Waals surface area contributed by atoms with E-state index in [9.17, 15) is 14.5 Å². The normalized spacial score (nSPS) is 15.5. The topological polar surface area (TPSA) is 101 Å². The van der Waals surface area contributed by atoms with E-state index < -0.39 is 42.2 Å². The van der Waals surface area contributed by atoms with Gasteiger partial charge in [0.25, 0.3) is 0 Å². The minimum absolute atomic E-state index is 0.00156. The maximum atomic E-state index is 14.1. The van der Waals surface area contributed by atoms with E-state index in [1.807, 2.05) is 73.2 Å². The van der Waals surface area contributed by atoms with Crippen LogP contribution >= 0.6 is 17.9 Å². The average molecular weight is 571 g/mol. The van der Waals surface area contributed by atoms with Crippen LogP contribution in [0.25, 0.3) is 0 Å². The molecule has 0 amide bonds. The van der Waals surface area contributed by atoms with Gasteiger partial charge in [-0.3, -0.25) is 9.36 Å². The molecule has 0 saturated carbocycles. The van der Waals surface area contributed by atoms with Crippen molar-refractivity contribution < 1.29 is 37.2 Å². The second-order valence-electron chi connectivity index (χ2n) is 10.4. The second kappa shape index (κ2) is 14.6. The third kappa shape index (κ3) is 10.1. The SMILES string of the molecule is COC(=O)[C@H](C[C@@H](OS(C)(C)C(C)(C)C)C(O)OC)CP(=O)(OCc1ccccc1)OCc1ccccc1. The summed E-state index contributed by atoms with van der Waals surface area (Å²) < 4.78 is 42.3. The van der Waals surface area contributed by atoms with Crippen LogP contribution in [0.5, 0.6) is 0 Å². The highest BCUT2D eigenvalue weighted by Gasteiger charge is 2.40. The Morgan fingerprint density at radius 1 is 0.921 bits per heavy atom. The van der Waals surface area contributed by atoms with Crippen LogP contribution in [0.3, 0.4) is 0 Å². The summed E-state index contributed by atoms with van der Waals surface area (Å²) in [6, 6.07) is 18.6. The Bertz CT molecular complexity index is 979. The number of carbonyl (C=O) groups excluding carboxylic acids is 1. The molecule has 3 atom stereocenters. The maximum absolute atomic E-state index is 14.1. The predicted octanol–water partition coefficient (Wildman–Crippen LogP) is 5.92. The van der Waals surface area contributed by atoms with Gasteiger partial charge in [0.1, 0.15) is 6.10 Å². The minimum Gasteiger partial charge on any atom is -0.469 e. The van der Waals surface area contributed by atoms with E-state index in [2.05, 4.69) is 20.8 Å². The van der Waals surface area contributed by atoms with E-state index in [1.54, 1.807) is 0 Å². The summed E-state index contributed by atoms with van der Waals surface area (Å²) in [4.78, 5) is 12.9. The molecular formula is C28H43O8PS. The van der Waals surface area contributed by atoms with Gasteiger partial charge in [-0.2, -0.15) is 0 Å². The van der Waals surface area contributed by atoms with Crippen LogP contribution in [0.4, 0.5) is 0 Å². The number of rotatable bonds is 15. The van der Waals surface area contributed by atoms with E-state index in [-0.39, 0.29) is 30.5 Å². The predicted molar refractivity (Wildman–Crippen MR) is 152 cm³/mol. The van der Waals surface area contributed by atoms with E-state index in [1.165, 1.54) is 14.2 Å². The molecule has 0 aliphatic rings. The van der Waals surface area contributed by atoms with Crippen LogP contribution in [0.15, 0.2) is 60.7 Å². The van der Waals surface area contributed by atoms with Crippen LogP contribution in [0.1, 0.15) is 38.3 Å². The molecule has 0 aliphatic heterocycles. The van der Waals surface area contributed by atoms with Crippen molar-refractivity contribution in [3.63, 3.8) is 0 Å². The third-order valence-electron chi connectivity index (χ3n) is 6.44. The van der Waals surface area contributed by atoms with Gasteiger partial charge in [-0.15, -0.1) is 10.3 Å². The summed E-state index contributed by atoms with van der Waals surface area (Å²) in [5.41, 5.74) is 1.63. The summed E-state index contributed by atoms with van der Waals surface area (Å²) in [6.45, 7) is 6.25. The van der Waals surface area contributed by atoms with Gasteiger partial charge in [0.15, 0.2) is 6.29 Å². The molecule has 0 aromatic heterocycles. The molecule has 0 bridgehead atoms. The Morgan fingerprint density at radius 3 is 1.79 bits per heavy atom. The summed E-state index contributed by atoms with van der Waals surface area (Å²) in [6.07, 6.45) is 1.57. The molecule has 1 N–H and O–H groups in total. The fourth-order valence-electron chi connectivity index (χ4n) is 3.41. The fourth-order valence-corrected chi connectivity index (χ4v) is 6.30. The van der Waals surface area contributed by atoms with Crippen LogP contribution in [-0.4, -0.2) is 61.1 Å². The summed E-state index contributed by atoms with van der Waals surface area (Å²) in [5, 5.41) is 10.6. The number of aliphatic hydroxyl groups is 1. The van der Waals surface area contributed by atoms with Crippen LogP contribution < -0.4 is 0 Å². The quantitative estimate of drug-likeness (QED) is 0.160. The van der Waals surface area contributed by atoms with Crippen LogP contribution in [-0.2, 0) is 45.3 Å². The average Bonchev–Trinajstić information content (AvgIpc) is 2.89. The number of aliphatic hydroxyl groups excluding tert-OH is 1. The number of hydrogen-bond donors (Lipinski definition) is 1. The van der Waals surface area contributed by atoms with Gasteiger partial charge >= 0.3 is 13.6 Å². The van der Waals surface area contributed by atoms with Crippen LogP contribution in [0.2, 0.25) is 0 Å². The molecule has 10 heteroatoms. The number of hydrogen-bond acceptors (Lipinski definition) is 8. The van der Waals surface area contributed by atoms with Gasteiger partial charge < -0.3 is 27.8 Å². The Hall–Kier alpha value is -1.71. The molecule has 0 heterocycles. The lowest BCUT2D eigenvalue weighted by molar-refractivity contribution is -0.153.